The van der Waals surface area contributed by atoms with E-state index in [0.29, 0.717) is 5.02 Å². The fraction of sp³-hybridized carbons (Fsp3) is 0. The van der Waals surface area contributed by atoms with Crippen LogP contribution in [0, 0.1) is 0 Å². The van der Waals surface area contributed by atoms with Crippen LogP contribution < -0.4 is 5.30 Å². The largest absolute Gasteiger partial charge is 0.277 e. The lowest BCUT2D eigenvalue weighted by atomic mass is 10.1. The van der Waals surface area contributed by atoms with Gasteiger partial charge in [0.2, 0.25) is 0 Å². The Morgan fingerprint density at radius 3 is 2.55 bits per heavy atom. The third-order valence-electron chi connectivity index (χ3n) is 3.02. The Hall–Kier alpha value is -1.15. The Morgan fingerprint density at radius 1 is 1.10 bits per heavy atom. The van der Waals surface area contributed by atoms with Crippen molar-refractivity contribution in [3.63, 3.8) is 0 Å². The molecule has 1 unspecified atom stereocenters. The predicted molar refractivity (Wildman–Crippen MR) is 91.5 cm³/mol. The standard InChI is InChI=1S/C15H11BrClN2P/c16-11-2-1-3-12(17)15(11)14-8-13(18-19-14)9-4-6-10(20)7-5-9/h1-8H,20H2,(H,18,19). The minimum Gasteiger partial charge on any atom is -0.277 e. The molecule has 0 spiro atoms. The summed E-state index contributed by atoms with van der Waals surface area (Å²) in [5.74, 6) is 0. The van der Waals surface area contributed by atoms with E-state index in [1.165, 1.54) is 0 Å². The first-order chi connectivity index (χ1) is 9.65. The van der Waals surface area contributed by atoms with Crippen molar-refractivity contribution in [2.75, 3.05) is 0 Å². The number of nitrogens with zero attached hydrogens (tertiary/aromatic N) is 1. The van der Waals surface area contributed by atoms with Crippen LogP contribution in [0.4, 0.5) is 0 Å². The predicted octanol–water partition coefficient (Wildman–Crippen LogP) is 4.66. The summed E-state index contributed by atoms with van der Waals surface area (Å²) < 4.78 is 0.934. The highest BCUT2D eigenvalue weighted by Crippen LogP contribution is 2.35. The lowest BCUT2D eigenvalue weighted by Crippen LogP contribution is -1.87. The summed E-state index contributed by atoms with van der Waals surface area (Å²) in [6.07, 6.45) is 0. The van der Waals surface area contributed by atoms with E-state index in [1.54, 1.807) is 0 Å². The molecule has 0 aliphatic rings. The zero-order valence-corrected chi connectivity index (χ0v) is 13.9. The minimum atomic E-state index is 0.678. The Kier molecular flexibility index (Phi) is 3.93. The molecule has 0 amide bonds. The SMILES string of the molecule is Pc1ccc(-c2cc(-c3c(Cl)cccc3Br)n[nH]2)cc1. The molecule has 0 saturated carbocycles. The molecule has 2 aromatic carbocycles. The van der Waals surface area contributed by atoms with Crippen molar-refractivity contribution in [1.82, 2.24) is 10.2 Å². The Bertz CT molecular complexity index is 733. The van der Waals surface area contributed by atoms with E-state index < -0.39 is 0 Å². The van der Waals surface area contributed by atoms with E-state index in [2.05, 4.69) is 47.5 Å². The second kappa shape index (κ2) is 5.69. The molecular weight excluding hydrogens is 355 g/mol. The molecule has 0 aliphatic heterocycles. The van der Waals surface area contributed by atoms with Gasteiger partial charge in [-0.25, -0.2) is 0 Å². The third kappa shape index (κ3) is 2.67. The van der Waals surface area contributed by atoms with Crippen LogP contribution >= 0.6 is 36.8 Å². The van der Waals surface area contributed by atoms with Gasteiger partial charge >= 0.3 is 0 Å². The molecule has 3 aromatic rings. The maximum Gasteiger partial charge on any atom is 0.0953 e. The summed E-state index contributed by atoms with van der Waals surface area (Å²) in [5.41, 5.74) is 3.79. The maximum absolute atomic E-state index is 6.25. The zero-order chi connectivity index (χ0) is 14.1. The molecule has 5 heteroatoms. The average Bonchev–Trinajstić information content (AvgIpc) is 2.89. The van der Waals surface area contributed by atoms with Crippen LogP contribution in [-0.4, -0.2) is 10.2 Å². The minimum absolute atomic E-state index is 0.678. The number of aromatic amines is 1. The number of aromatic nitrogens is 2. The van der Waals surface area contributed by atoms with Gasteiger partial charge in [0, 0.05) is 10.0 Å². The molecule has 0 radical (unpaired) electrons. The maximum atomic E-state index is 6.25. The first-order valence-corrected chi connectivity index (χ1v) is 7.75. The summed E-state index contributed by atoms with van der Waals surface area (Å²) in [6, 6.07) is 15.9. The molecule has 2 nitrogen and oxygen atoms in total. The van der Waals surface area contributed by atoms with Crippen molar-refractivity contribution >= 4 is 42.1 Å². The van der Waals surface area contributed by atoms with Gasteiger partial charge in [-0.3, -0.25) is 5.10 Å². The number of rotatable bonds is 2. The van der Waals surface area contributed by atoms with E-state index >= 15 is 0 Å². The molecule has 100 valence electrons. The fourth-order valence-corrected chi connectivity index (χ4v) is 3.15. The Balaban J connectivity index is 2.04. The normalized spacial score (nSPS) is 10.8. The van der Waals surface area contributed by atoms with Crippen LogP contribution in [-0.2, 0) is 0 Å². The van der Waals surface area contributed by atoms with Crippen molar-refractivity contribution in [3.8, 4) is 22.5 Å². The van der Waals surface area contributed by atoms with Crippen molar-refractivity contribution in [2.45, 2.75) is 0 Å². The second-order valence-electron chi connectivity index (χ2n) is 4.39. The van der Waals surface area contributed by atoms with Gasteiger partial charge in [-0.1, -0.05) is 57.9 Å². The van der Waals surface area contributed by atoms with Crippen molar-refractivity contribution < 1.29 is 0 Å². The number of H-pyrrole nitrogens is 1. The van der Waals surface area contributed by atoms with Gasteiger partial charge in [-0.2, -0.15) is 5.10 Å². The van der Waals surface area contributed by atoms with Gasteiger partial charge in [-0.05, 0) is 29.1 Å². The molecule has 1 heterocycles. The van der Waals surface area contributed by atoms with Gasteiger partial charge in [-0.15, -0.1) is 9.24 Å². The lowest BCUT2D eigenvalue weighted by molar-refractivity contribution is 1.10. The highest BCUT2D eigenvalue weighted by molar-refractivity contribution is 9.10. The van der Waals surface area contributed by atoms with Gasteiger partial charge in [0.15, 0.2) is 0 Å². The fourth-order valence-electron chi connectivity index (χ4n) is 2.00. The van der Waals surface area contributed by atoms with Gasteiger partial charge in [0.1, 0.15) is 0 Å². The van der Waals surface area contributed by atoms with Crippen LogP contribution in [0.3, 0.4) is 0 Å². The molecule has 3 rings (SSSR count). The number of nitrogens with one attached hydrogen (secondary N) is 1. The highest BCUT2D eigenvalue weighted by Gasteiger charge is 2.12. The van der Waals surface area contributed by atoms with E-state index in [-0.39, 0.29) is 0 Å². The van der Waals surface area contributed by atoms with Gasteiger partial charge in [0.25, 0.3) is 0 Å². The Labute approximate surface area is 132 Å². The second-order valence-corrected chi connectivity index (χ2v) is 6.31. The van der Waals surface area contributed by atoms with E-state index in [9.17, 15) is 0 Å². The number of hydrogen-bond donors (Lipinski definition) is 1. The summed E-state index contributed by atoms with van der Waals surface area (Å²) in [7, 11) is 2.68. The van der Waals surface area contributed by atoms with Gasteiger partial charge < -0.3 is 0 Å². The molecule has 0 saturated heterocycles. The van der Waals surface area contributed by atoms with Crippen LogP contribution in [0.1, 0.15) is 0 Å². The van der Waals surface area contributed by atoms with Crippen LogP contribution in [0.5, 0.6) is 0 Å². The molecule has 1 N–H and O–H groups in total. The first kappa shape index (κ1) is 13.8. The molecule has 1 aromatic heterocycles. The molecule has 0 aliphatic carbocycles. The highest BCUT2D eigenvalue weighted by atomic mass is 79.9. The summed E-state index contributed by atoms with van der Waals surface area (Å²) in [4.78, 5) is 0. The quantitative estimate of drug-likeness (QED) is 0.657. The molecule has 0 fully saturated rings. The van der Waals surface area contributed by atoms with Crippen molar-refractivity contribution in [1.29, 1.82) is 0 Å². The van der Waals surface area contributed by atoms with Crippen LogP contribution in [0.25, 0.3) is 22.5 Å². The molecule has 1 atom stereocenters. The van der Waals surface area contributed by atoms with E-state index in [1.807, 2.05) is 36.4 Å². The zero-order valence-electron chi connectivity index (χ0n) is 10.4. The molecule has 0 bridgehead atoms. The lowest BCUT2D eigenvalue weighted by Gasteiger charge is -2.02. The summed E-state index contributed by atoms with van der Waals surface area (Å²) in [5, 5.41) is 9.25. The third-order valence-corrected chi connectivity index (χ3v) is 4.38. The van der Waals surface area contributed by atoms with Crippen molar-refractivity contribution in [2.24, 2.45) is 0 Å². The Morgan fingerprint density at radius 2 is 1.85 bits per heavy atom. The van der Waals surface area contributed by atoms with Crippen LogP contribution in [0.15, 0.2) is 53.0 Å². The molecular formula is C15H11BrClN2P. The van der Waals surface area contributed by atoms with Gasteiger partial charge in [0.05, 0.1) is 16.4 Å². The van der Waals surface area contributed by atoms with Crippen molar-refractivity contribution in [3.05, 3.63) is 58.0 Å². The number of benzene rings is 2. The topological polar surface area (TPSA) is 28.7 Å². The number of halogens is 2. The summed E-state index contributed by atoms with van der Waals surface area (Å²) in [6.45, 7) is 0. The van der Waals surface area contributed by atoms with Crippen LogP contribution in [0.2, 0.25) is 5.02 Å². The number of hydrogen-bond acceptors (Lipinski definition) is 1. The average molecular weight is 366 g/mol. The van der Waals surface area contributed by atoms with E-state index in [4.69, 9.17) is 11.6 Å². The summed E-state index contributed by atoms with van der Waals surface area (Å²) >= 11 is 9.77. The molecule has 20 heavy (non-hydrogen) atoms. The van der Waals surface area contributed by atoms with E-state index in [0.717, 1.165) is 32.3 Å². The smallest absolute Gasteiger partial charge is 0.0953 e. The monoisotopic (exact) mass is 364 g/mol. The first-order valence-electron chi connectivity index (χ1n) is 6.01.